The number of hydrogen-bond donors (Lipinski definition) is 3. The molecule has 34 heavy (non-hydrogen) atoms. The van der Waals surface area contributed by atoms with E-state index in [1.165, 1.54) is 19.3 Å². The lowest BCUT2D eigenvalue weighted by Gasteiger charge is -2.24. The van der Waals surface area contributed by atoms with Crippen molar-refractivity contribution < 1.29 is 14.4 Å². The van der Waals surface area contributed by atoms with Gasteiger partial charge < -0.3 is 20.7 Å². The van der Waals surface area contributed by atoms with Crippen LogP contribution in [0.5, 0.6) is 0 Å². The Labute approximate surface area is 208 Å². The summed E-state index contributed by atoms with van der Waals surface area (Å²) in [5, 5.41) is 9.15. The number of amides is 2. The Hall–Kier alpha value is -1.69. The highest BCUT2D eigenvalue weighted by Crippen LogP contribution is 2.35. The maximum atomic E-state index is 12.9. The molecular formula is C28H51N3O3. The molecule has 3 N–H and O–H groups in total. The Morgan fingerprint density at radius 2 is 1.85 bits per heavy atom. The van der Waals surface area contributed by atoms with Gasteiger partial charge in [0.1, 0.15) is 6.29 Å². The number of carbonyl (C=O) groups excluding carboxylic acids is 3. The van der Waals surface area contributed by atoms with Gasteiger partial charge in [-0.05, 0) is 70.9 Å². The van der Waals surface area contributed by atoms with E-state index in [2.05, 4.69) is 48.9 Å². The number of carbonyl (C=O) groups is 3. The predicted molar refractivity (Wildman–Crippen MR) is 141 cm³/mol. The molecule has 6 heteroatoms. The summed E-state index contributed by atoms with van der Waals surface area (Å²) in [6, 6.07) is -0.388. The molecule has 1 fully saturated rings. The van der Waals surface area contributed by atoms with E-state index >= 15 is 0 Å². The highest BCUT2D eigenvalue weighted by atomic mass is 16.2. The second-order valence-corrected chi connectivity index (χ2v) is 10.5. The molecule has 0 spiro atoms. The van der Waals surface area contributed by atoms with Crippen molar-refractivity contribution in [3.8, 4) is 0 Å². The van der Waals surface area contributed by atoms with E-state index < -0.39 is 0 Å². The molecular weight excluding hydrogens is 426 g/mol. The molecule has 6 nitrogen and oxygen atoms in total. The second-order valence-electron chi connectivity index (χ2n) is 10.5. The lowest BCUT2D eigenvalue weighted by molar-refractivity contribution is -0.128. The van der Waals surface area contributed by atoms with Gasteiger partial charge in [-0.2, -0.15) is 0 Å². The smallest absolute Gasteiger partial charge is 0.226 e. The van der Waals surface area contributed by atoms with Gasteiger partial charge in [0.05, 0.1) is 11.5 Å². The number of aldehydes is 1. The van der Waals surface area contributed by atoms with Crippen molar-refractivity contribution in [3.05, 3.63) is 12.2 Å². The minimum Gasteiger partial charge on any atom is -0.356 e. The number of nitrogens with one attached hydrogen (secondary N) is 3. The molecule has 1 aliphatic rings. The Bertz CT molecular complexity index is 620. The molecule has 1 heterocycles. The van der Waals surface area contributed by atoms with Crippen molar-refractivity contribution in [1.82, 2.24) is 16.0 Å². The van der Waals surface area contributed by atoms with E-state index in [1.807, 2.05) is 7.05 Å². The van der Waals surface area contributed by atoms with E-state index in [1.54, 1.807) is 0 Å². The van der Waals surface area contributed by atoms with Crippen LogP contribution in [0.4, 0.5) is 0 Å². The first-order valence-corrected chi connectivity index (χ1v) is 13.7. The highest BCUT2D eigenvalue weighted by Gasteiger charge is 2.40. The van der Waals surface area contributed by atoms with Gasteiger partial charge in [-0.25, -0.2) is 0 Å². The highest BCUT2D eigenvalue weighted by molar-refractivity contribution is 5.84. The summed E-state index contributed by atoms with van der Waals surface area (Å²) in [6.45, 7) is 7.95. The quantitative estimate of drug-likeness (QED) is 0.132. The molecule has 1 aliphatic heterocycles. The summed E-state index contributed by atoms with van der Waals surface area (Å²) in [4.78, 5) is 36.8. The van der Waals surface area contributed by atoms with E-state index in [9.17, 15) is 14.4 Å². The van der Waals surface area contributed by atoms with Gasteiger partial charge in [0.15, 0.2) is 0 Å². The molecule has 0 saturated carbocycles. The molecule has 0 aromatic carbocycles. The molecule has 0 bridgehead atoms. The molecule has 0 radical (unpaired) electrons. The third-order valence-corrected chi connectivity index (χ3v) is 7.07. The largest absolute Gasteiger partial charge is 0.356 e. The first-order valence-electron chi connectivity index (χ1n) is 13.7. The van der Waals surface area contributed by atoms with Gasteiger partial charge in [0, 0.05) is 12.5 Å². The zero-order valence-corrected chi connectivity index (χ0v) is 22.3. The lowest BCUT2D eigenvalue weighted by Crippen LogP contribution is -2.40. The van der Waals surface area contributed by atoms with Crippen LogP contribution in [0.2, 0.25) is 0 Å². The number of rotatable bonds is 20. The molecule has 0 aromatic heterocycles. The summed E-state index contributed by atoms with van der Waals surface area (Å²) >= 11 is 0. The van der Waals surface area contributed by atoms with Crippen molar-refractivity contribution in [2.75, 3.05) is 20.1 Å². The topological polar surface area (TPSA) is 87.3 Å². The summed E-state index contributed by atoms with van der Waals surface area (Å²) in [7, 11) is 1.92. The van der Waals surface area contributed by atoms with E-state index in [0.29, 0.717) is 12.3 Å². The first-order chi connectivity index (χ1) is 16.4. The van der Waals surface area contributed by atoms with Gasteiger partial charge in [-0.15, -0.1) is 0 Å². The average molecular weight is 478 g/mol. The van der Waals surface area contributed by atoms with E-state index in [-0.39, 0.29) is 29.2 Å². The molecule has 1 rings (SSSR count). The maximum absolute atomic E-state index is 12.9. The molecule has 2 amide bonds. The van der Waals surface area contributed by atoms with Crippen LogP contribution in [0.3, 0.4) is 0 Å². The fraction of sp³-hybridized carbons (Fsp3) is 0.821. The fourth-order valence-corrected chi connectivity index (χ4v) is 4.88. The molecule has 3 atom stereocenters. The number of unbranched alkanes of at least 4 members (excludes halogenated alkanes) is 5. The van der Waals surface area contributed by atoms with Crippen LogP contribution in [0.25, 0.3) is 0 Å². The van der Waals surface area contributed by atoms with Crippen LogP contribution < -0.4 is 16.0 Å². The lowest BCUT2D eigenvalue weighted by atomic mass is 9.79. The van der Waals surface area contributed by atoms with Gasteiger partial charge in [0.2, 0.25) is 11.8 Å². The Kier molecular flexibility index (Phi) is 15.8. The van der Waals surface area contributed by atoms with Crippen LogP contribution >= 0.6 is 0 Å². The van der Waals surface area contributed by atoms with Crippen molar-refractivity contribution in [2.45, 2.75) is 110 Å². The van der Waals surface area contributed by atoms with Crippen molar-refractivity contribution in [1.29, 1.82) is 0 Å². The van der Waals surface area contributed by atoms with Crippen LogP contribution in [-0.4, -0.2) is 44.3 Å². The summed E-state index contributed by atoms with van der Waals surface area (Å²) < 4.78 is 0. The summed E-state index contributed by atoms with van der Waals surface area (Å²) in [6.07, 6.45) is 17.9. The average Bonchev–Trinajstić information content (AvgIpc) is 3.17. The zero-order chi connectivity index (χ0) is 25.2. The fourth-order valence-electron chi connectivity index (χ4n) is 4.88. The van der Waals surface area contributed by atoms with Gasteiger partial charge >= 0.3 is 0 Å². The molecule has 1 saturated heterocycles. The SMILES string of the molecule is CCCCCCCC(CCC/C=C/CC1(CCNC)CCNC1=O)C(=O)NC(C=O)CC(C)C. The van der Waals surface area contributed by atoms with E-state index in [0.717, 1.165) is 77.2 Å². The minimum atomic E-state index is -0.388. The van der Waals surface area contributed by atoms with Gasteiger partial charge in [0.25, 0.3) is 0 Å². The molecule has 3 unspecified atom stereocenters. The number of allylic oxidation sites excluding steroid dienone is 2. The third-order valence-electron chi connectivity index (χ3n) is 7.07. The predicted octanol–water partition coefficient (Wildman–Crippen LogP) is 4.93. The standard InChI is InChI=1S/C28H51N3O3/c1-5-6-7-8-11-14-24(26(33)31-25(22-32)21-23(2)3)15-12-9-10-13-16-28(17-19-29-4)18-20-30-27(28)34/h10,13,22-25,29H,5-9,11-12,14-21H2,1-4H3,(H,30,34)(H,31,33)/b13-10+. The normalized spacial score (nSPS) is 20.0. The van der Waals surface area contributed by atoms with Crippen LogP contribution in [0, 0.1) is 17.3 Å². The Morgan fingerprint density at radius 3 is 2.47 bits per heavy atom. The van der Waals surface area contributed by atoms with Gasteiger partial charge in [-0.1, -0.05) is 65.0 Å². The van der Waals surface area contributed by atoms with Gasteiger partial charge in [-0.3, -0.25) is 9.59 Å². The van der Waals surface area contributed by atoms with Crippen LogP contribution in [-0.2, 0) is 14.4 Å². The first kappa shape index (κ1) is 30.3. The third kappa shape index (κ3) is 11.6. The second kappa shape index (κ2) is 17.7. The molecule has 196 valence electrons. The summed E-state index contributed by atoms with van der Waals surface area (Å²) in [5.74, 6) is 0.544. The maximum Gasteiger partial charge on any atom is 0.226 e. The Morgan fingerprint density at radius 1 is 1.12 bits per heavy atom. The van der Waals surface area contributed by atoms with E-state index in [4.69, 9.17) is 0 Å². The van der Waals surface area contributed by atoms with Crippen molar-refractivity contribution in [2.24, 2.45) is 17.3 Å². The van der Waals surface area contributed by atoms with Crippen molar-refractivity contribution in [3.63, 3.8) is 0 Å². The zero-order valence-electron chi connectivity index (χ0n) is 22.3. The van der Waals surface area contributed by atoms with Crippen molar-refractivity contribution >= 4 is 18.1 Å². The molecule has 0 aromatic rings. The minimum absolute atomic E-state index is 0.0332. The molecule has 0 aliphatic carbocycles. The van der Waals surface area contributed by atoms with Crippen LogP contribution in [0.15, 0.2) is 12.2 Å². The number of hydrogen-bond acceptors (Lipinski definition) is 4. The van der Waals surface area contributed by atoms with Crippen LogP contribution in [0.1, 0.15) is 104 Å². The monoisotopic (exact) mass is 477 g/mol. The Balaban J connectivity index is 2.55. The summed E-state index contributed by atoms with van der Waals surface area (Å²) in [5.41, 5.74) is -0.277.